The van der Waals surface area contributed by atoms with Gasteiger partial charge in [-0.05, 0) is 6.92 Å². The van der Waals surface area contributed by atoms with E-state index in [0.29, 0.717) is 12.4 Å². The van der Waals surface area contributed by atoms with E-state index in [2.05, 4.69) is 0 Å². The molecule has 114 valence electrons. The van der Waals surface area contributed by atoms with Gasteiger partial charge in [-0.15, -0.1) is 0 Å². The van der Waals surface area contributed by atoms with E-state index in [1.807, 2.05) is 0 Å². The van der Waals surface area contributed by atoms with Gasteiger partial charge in [-0.2, -0.15) is 0 Å². The topological polar surface area (TPSA) is 83.4 Å². The van der Waals surface area contributed by atoms with Crippen molar-refractivity contribution in [2.45, 2.75) is 20.4 Å². The van der Waals surface area contributed by atoms with Crippen LogP contribution < -0.4 is 4.57 Å². The number of hydrogen-bond acceptors (Lipinski definition) is 2. The highest BCUT2D eigenvalue weighted by atomic mass is 19.5. The first-order valence-corrected chi connectivity index (χ1v) is 5.34. The number of nitrogens with zero attached hydrogens (tertiary/aromatic N) is 2. The highest BCUT2D eigenvalue weighted by molar-refractivity contribution is 6.50. The Balaban J connectivity index is 0.000000621. The standard InChI is InChI=1S/C9H12N2O4.BF4/c1-4-11-5(2)10(3)6(8(12)13)7(11)9(14)15;2-1(3,4)5/h4H2,1-3H3,(H-,12,13,14,15);/q;-1/p+1. The highest BCUT2D eigenvalue weighted by Crippen LogP contribution is 2.09. The quantitative estimate of drug-likeness (QED) is 0.501. The summed E-state index contributed by atoms with van der Waals surface area (Å²) in [4.78, 5) is 21.9. The number of hydrogen-bond donors (Lipinski definition) is 2. The van der Waals surface area contributed by atoms with Crippen LogP contribution in [0.4, 0.5) is 17.3 Å². The lowest BCUT2D eigenvalue weighted by Crippen LogP contribution is -2.37. The molecule has 20 heavy (non-hydrogen) atoms. The second-order valence-electron chi connectivity index (χ2n) is 3.65. The number of carbonyl (C=O) groups is 2. The summed E-state index contributed by atoms with van der Waals surface area (Å²) >= 11 is 0. The van der Waals surface area contributed by atoms with Gasteiger partial charge in [-0.1, -0.05) is 0 Å². The fourth-order valence-electron chi connectivity index (χ4n) is 1.64. The maximum atomic E-state index is 11.0. The Bertz CT molecular complexity index is 521. The van der Waals surface area contributed by atoms with Gasteiger partial charge in [0.1, 0.15) is 0 Å². The van der Waals surface area contributed by atoms with Crippen LogP contribution in [0.5, 0.6) is 0 Å². The molecule has 0 saturated heterocycles. The number of carboxylic acid groups (broad SMARTS) is 2. The molecule has 1 heterocycles. The fourth-order valence-corrected chi connectivity index (χ4v) is 1.64. The van der Waals surface area contributed by atoms with Crippen LogP contribution in [0.1, 0.15) is 33.7 Å². The third kappa shape index (κ3) is 4.55. The molecular formula is C9H13BF4N2O4. The number of imidazole rings is 1. The van der Waals surface area contributed by atoms with Crippen molar-refractivity contribution in [1.29, 1.82) is 0 Å². The number of rotatable bonds is 3. The Labute approximate surface area is 111 Å². The third-order valence-electron chi connectivity index (χ3n) is 2.43. The number of aromatic nitrogens is 2. The van der Waals surface area contributed by atoms with Crippen molar-refractivity contribution in [2.24, 2.45) is 7.05 Å². The maximum absolute atomic E-state index is 11.0. The average Bonchev–Trinajstić information content (AvgIpc) is 2.49. The SMILES string of the molecule is CCn1c(C(=O)O)c(C(=O)O)[n+](C)c1C.F[B-](F)(F)F. The van der Waals surface area contributed by atoms with E-state index >= 15 is 0 Å². The molecule has 0 atom stereocenters. The molecule has 0 aromatic carbocycles. The predicted molar refractivity (Wildman–Crippen MR) is 60.1 cm³/mol. The summed E-state index contributed by atoms with van der Waals surface area (Å²) < 4.78 is 41.8. The molecule has 0 fully saturated rings. The lowest BCUT2D eigenvalue weighted by molar-refractivity contribution is -0.679. The lowest BCUT2D eigenvalue weighted by Gasteiger charge is -1.94. The molecule has 0 aliphatic carbocycles. The molecular weight excluding hydrogens is 287 g/mol. The molecule has 11 heteroatoms. The van der Waals surface area contributed by atoms with E-state index in [0.717, 1.165) is 0 Å². The second-order valence-corrected chi connectivity index (χ2v) is 3.65. The zero-order valence-electron chi connectivity index (χ0n) is 10.9. The monoisotopic (exact) mass is 300 g/mol. The molecule has 0 aliphatic heterocycles. The largest absolute Gasteiger partial charge is 0.673 e. The highest BCUT2D eigenvalue weighted by Gasteiger charge is 2.34. The first kappa shape index (κ1) is 17.9. The Morgan fingerprint density at radius 3 is 1.85 bits per heavy atom. The Hall–Kier alpha value is -2.07. The molecule has 0 unspecified atom stereocenters. The lowest BCUT2D eigenvalue weighted by atomic mass is 10.3. The summed E-state index contributed by atoms with van der Waals surface area (Å²) in [6, 6.07) is 0. The van der Waals surface area contributed by atoms with Gasteiger partial charge in [0.15, 0.2) is 0 Å². The molecule has 0 saturated carbocycles. The minimum atomic E-state index is -6.00. The average molecular weight is 300 g/mol. The van der Waals surface area contributed by atoms with Gasteiger partial charge >= 0.3 is 19.2 Å². The van der Waals surface area contributed by atoms with Crippen LogP contribution in [0.25, 0.3) is 0 Å². The molecule has 0 amide bonds. The first-order valence-electron chi connectivity index (χ1n) is 5.34. The van der Waals surface area contributed by atoms with Gasteiger partial charge in [0.25, 0.3) is 17.2 Å². The number of carboxylic acids is 2. The predicted octanol–water partition coefficient (Wildman–Crippen LogP) is 1.34. The van der Waals surface area contributed by atoms with Crippen LogP contribution in [0.15, 0.2) is 0 Å². The van der Waals surface area contributed by atoms with E-state index in [9.17, 15) is 26.9 Å². The summed E-state index contributed by atoms with van der Waals surface area (Å²) in [6.07, 6.45) is 0. The van der Waals surface area contributed by atoms with Crippen molar-refractivity contribution in [1.82, 2.24) is 4.57 Å². The molecule has 0 spiro atoms. The molecule has 2 N–H and O–H groups in total. The van der Waals surface area contributed by atoms with Crippen molar-refractivity contribution in [3.05, 3.63) is 17.2 Å². The molecule has 6 nitrogen and oxygen atoms in total. The summed E-state index contributed by atoms with van der Waals surface area (Å²) in [5.74, 6) is -1.85. The third-order valence-corrected chi connectivity index (χ3v) is 2.43. The zero-order chi connectivity index (χ0) is 16.2. The van der Waals surface area contributed by atoms with Crippen molar-refractivity contribution >= 4 is 19.2 Å². The van der Waals surface area contributed by atoms with Crippen LogP contribution >= 0.6 is 0 Å². The van der Waals surface area contributed by atoms with Gasteiger partial charge in [-0.3, -0.25) is 0 Å². The minimum Gasteiger partial charge on any atom is -0.475 e. The van der Waals surface area contributed by atoms with Crippen LogP contribution in [0.3, 0.4) is 0 Å². The molecule has 0 aliphatic rings. The van der Waals surface area contributed by atoms with E-state index in [1.54, 1.807) is 13.8 Å². The van der Waals surface area contributed by atoms with Crippen LogP contribution in [0, 0.1) is 6.92 Å². The Morgan fingerprint density at radius 1 is 1.20 bits per heavy atom. The Kier molecular flexibility index (Phi) is 5.73. The molecule has 1 aromatic rings. The summed E-state index contributed by atoms with van der Waals surface area (Å²) in [7, 11) is -4.46. The van der Waals surface area contributed by atoms with Gasteiger partial charge in [0.05, 0.1) is 13.6 Å². The summed E-state index contributed by atoms with van der Waals surface area (Å²) in [5.41, 5.74) is -0.369. The fraction of sp³-hybridized carbons (Fsp3) is 0.444. The van der Waals surface area contributed by atoms with Crippen molar-refractivity contribution in [3.8, 4) is 0 Å². The second kappa shape index (κ2) is 6.39. The van der Waals surface area contributed by atoms with E-state index in [1.165, 1.54) is 16.2 Å². The maximum Gasteiger partial charge on any atom is 0.673 e. The van der Waals surface area contributed by atoms with Gasteiger partial charge in [0.2, 0.25) is 0 Å². The Morgan fingerprint density at radius 2 is 1.60 bits per heavy atom. The van der Waals surface area contributed by atoms with Crippen molar-refractivity contribution < 1.29 is 41.6 Å². The van der Waals surface area contributed by atoms with Gasteiger partial charge in [0, 0.05) is 6.92 Å². The summed E-state index contributed by atoms with van der Waals surface area (Å²) in [5, 5.41) is 17.9. The molecule has 0 radical (unpaired) electrons. The van der Waals surface area contributed by atoms with Gasteiger partial charge < -0.3 is 27.5 Å². The molecule has 1 aromatic heterocycles. The van der Waals surface area contributed by atoms with Crippen LogP contribution in [-0.4, -0.2) is 34.0 Å². The van der Waals surface area contributed by atoms with Crippen LogP contribution in [-0.2, 0) is 13.6 Å². The van der Waals surface area contributed by atoms with Crippen molar-refractivity contribution in [2.75, 3.05) is 0 Å². The number of aromatic carboxylic acids is 2. The van der Waals surface area contributed by atoms with E-state index in [-0.39, 0.29) is 11.4 Å². The zero-order valence-corrected chi connectivity index (χ0v) is 10.9. The van der Waals surface area contributed by atoms with Gasteiger partial charge in [-0.25, -0.2) is 18.7 Å². The molecule has 0 bridgehead atoms. The normalized spacial score (nSPS) is 10.8. The summed E-state index contributed by atoms with van der Waals surface area (Å²) in [6.45, 7) is 3.88. The van der Waals surface area contributed by atoms with Crippen molar-refractivity contribution in [3.63, 3.8) is 0 Å². The van der Waals surface area contributed by atoms with E-state index in [4.69, 9.17) is 10.2 Å². The molecule has 1 rings (SSSR count). The van der Waals surface area contributed by atoms with Crippen LogP contribution in [0.2, 0.25) is 0 Å². The number of halogens is 4. The first-order chi connectivity index (χ1) is 8.91. The van der Waals surface area contributed by atoms with E-state index < -0.39 is 19.2 Å². The smallest absolute Gasteiger partial charge is 0.475 e. The minimum absolute atomic E-state index is 0.176.